The third kappa shape index (κ3) is 6.57. The molecule has 0 atom stereocenters. The molecule has 0 bridgehead atoms. The number of halogens is 1. The van der Waals surface area contributed by atoms with E-state index in [1.807, 2.05) is 25.7 Å². The molecule has 1 aromatic rings. The van der Waals surface area contributed by atoms with Crippen LogP contribution in [0.4, 0.5) is 4.79 Å². The number of hydrogen-bond donors (Lipinski definition) is 1. The molecule has 1 saturated heterocycles. The molecule has 7 heteroatoms. The lowest BCUT2D eigenvalue weighted by atomic mass is 10.2. The van der Waals surface area contributed by atoms with Gasteiger partial charge >= 0.3 is 6.09 Å². The quantitative estimate of drug-likeness (QED) is 0.750. The molecule has 1 aliphatic rings. The number of benzene rings is 1. The first-order valence-corrected chi connectivity index (χ1v) is 9.23. The summed E-state index contributed by atoms with van der Waals surface area (Å²) < 4.78 is 11.6. The third-order valence-electron chi connectivity index (χ3n) is 3.55. The zero-order chi connectivity index (χ0) is 18.4. The van der Waals surface area contributed by atoms with Crippen molar-refractivity contribution in [3.05, 3.63) is 28.2 Å². The summed E-state index contributed by atoms with van der Waals surface area (Å²) in [4.78, 5) is 25.9. The Morgan fingerprint density at radius 3 is 2.52 bits per heavy atom. The fourth-order valence-corrected chi connectivity index (χ4v) is 2.98. The van der Waals surface area contributed by atoms with Gasteiger partial charge in [-0.05, 0) is 51.8 Å². The SMILES string of the molecule is CC(C)(C)OC(=O)NCCOc1cc(Br)cc(C(=O)N2CCCC2)c1. The van der Waals surface area contributed by atoms with E-state index in [4.69, 9.17) is 9.47 Å². The molecule has 1 N–H and O–H groups in total. The first kappa shape index (κ1) is 19.6. The number of nitrogens with zero attached hydrogens (tertiary/aromatic N) is 1. The number of carbonyl (C=O) groups excluding carboxylic acids is 2. The zero-order valence-corrected chi connectivity index (χ0v) is 16.5. The molecule has 0 unspecified atom stereocenters. The van der Waals surface area contributed by atoms with E-state index in [9.17, 15) is 9.59 Å². The van der Waals surface area contributed by atoms with Crippen molar-refractivity contribution in [2.45, 2.75) is 39.2 Å². The highest BCUT2D eigenvalue weighted by Gasteiger charge is 2.20. The van der Waals surface area contributed by atoms with Crippen LogP contribution in [0.25, 0.3) is 0 Å². The summed E-state index contributed by atoms with van der Waals surface area (Å²) in [7, 11) is 0. The molecule has 6 nitrogen and oxygen atoms in total. The molecule has 0 aromatic heterocycles. The number of hydrogen-bond acceptors (Lipinski definition) is 4. The molecule has 0 radical (unpaired) electrons. The standard InChI is InChI=1S/C18H25BrN2O4/c1-18(2,3)25-17(23)20-6-9-24-15-11-13(10-14(19)12-15)16(22)21-7-4-5-8-21/h10-12H,4-9H2,1-3H3,(H,20,23). The fourth-order valence-electron chi connectivity index (χ4n) is 2.51. The second-order valence-electron chi connectivity index (χ2n) is 6.95. The number of carbonyl (C=O) groups is 2. The summed E-state index contributed by atoms with van der Waals surface area (Å²) in [6.07, 6.45) is 1.63. The number of alkyl carbamates (subject to hydrolysis) is 1. The molecule has 0 spiro atoms. The second kappa shape index (κ2) is 8.56. The predicted octanol–water partition coefficient (Wildman–Crippen LogP) is 3.59. The van der Waals surface area contributed by atoms with Gasteiger partial charge in [-0.1, -0.05) is 15.9 Å². The number of likely N-dealkylation sites (tertiary alicyclic amines) is 1. The smallest absolute Gasteiger partial charge is 0.407 e. The Morgan fingerprint density at radius 2 is 1.88 bits per heavy atom. The van der Waals surface area contributed by atoms with Crippen molar-refractivity contribution in [1.29, 1.82) is 0 Å². The monoisotopic (exact) mass is 412 g/mol. The highest BCUT2D eigenvalue weighted by atomic mass is 79.9. The molecule has 25 heavy (non-hydrogen) atoms. The average Bonchev–Trinajstić information content (AvgIpc) is 3.03. The van der Waals surface area contributed by atoms with Crippen molar-refractivity contribution < 1.29 is 19.1 Å². The lowest BCUT2D eigenvalue weighted by Gasteiger charge is -2.19. The van der Waals surface area contributed by atoms with Crippen molar-refractivity contribution in [3.63, 3.8) is 0 Å². The fraction of sp³-hybridized carbons (Fsp3) is 0.556. The van der Waals surface area contributed by atoms with Crippen LogP contribution in [0.1, 0.15) is 44.0 Å². The van der Waals surface area contributed by atoms with Gasteiger partial charge in [-0.15, -0.1) is 0 Å². The van der Waals surface area contributed by atoms with Gasteiger partial charge in [0.25, 0.3) is 5.91 Å². The van der Waals surface area contributed by atoms with E-state index < -0.39 is 11.7 Å². The minimum atomic E-state index is -0.528. The zero-order valence-electron chi connectivity index (χ0n) is 14.9. The van der Waals surface area contributed by atoms with Gasteiger partial charge in [0.05, 0.1) is 6.54 Å². The Morgan fingerprint density at radius 1 is 1.20 bits per heavy atom. The van der Waals surface area contributed by atoms with Crippen LogP contribution in [0.2, 0.25) is 0 Å². The summed E-state index contributed by atoms with van der Waals surface area (Å²) in [6, 6.07) is 5.33. The molecule has 2 amide bonds. The summed E-state index contributed by atoms with van der Waals surface area (Å²) in [5.74, 6) is 0.610. The Labute approximate surface area is 157 Å². The van der Waals surface area contributed by atoms with Crippen LogP contribution in [0.3, 0.4) is 0 Å². The van der Waals surface area contributed by atoms with E-state index in [0.29, 0.717) is 17.9 Å². The number of ether oxygens (including phenoxy) is 2. The molecule has 1 fully saturated rings. The minimum absolute atomic E-state index is 0.0236. The van der Waals surface area contributed by atoms with Crippen LogP contribution in [-0.2, 0) is 4.74 Å². The minimum Gasteiger partial charge on any atom is -0.492 e. The van der Waals surface area contributed by atoms with E-state index in [1.165, 1.54) is 0 Å². The van der Waals surface area contributed by atoms with Gasteiger partial charge in [-0.3, -0.25) is 4.79 Å². The number of nitrogens with one attached hydrogen (secondary N) is 1. The summed E-state index contributed by atoms with van der Waals surface area (Å²) in [6.45, 7) is 7.64. The van der Waals surface area contributed by atoms with Crippen LogP contribution < -0.4 is 10.1 Å². The average molecular weight is 413 g/mol. The first-order valence-electron chi connectivity index (χ1n) is 8.44. The predicted molar refractivity (Wildman–Crippen MR) is 99.0 cm³/mol. The molecule has 1 aromatic carbocycles. The van der Waals surface area contributed by atoms with Crippen LogP contribution in [0.5, 0.6) is 5.75 Å². The third-order valence-corrected chi connectivity index (χ3v) is 4.01. The van der Waals surface area contributed by atoms with Gasteiger partial charge < -0.3 is 19.7 Å². The summed E-state index contributed by atoms with van der Waals surface area (Å²) >= 11 is 3.41. The van der Waals surface area contributed by atoms with Crippen molar-refractivity contribution >= 4 is 27.9 Å². The summed E-state index contributed by atoms with van der Waals surface area (Å²) in [5.41, 5.74) is 0.0754. The maximum Gasteiger partial charge on any atom is 0.407 e. The van der Waals surface area contributed by atoms with Crippen molar-refractivity contribution in [1.82, 2.24) is 10.2 Å². The van der Waals surface area contributed by atoms with Gasteiger partial charge in [0, 0.05) is 23.1 Å². The van der Waals surface area contributed by atoms with Crippen molar-refractivity contribution in [3.8, 4) is 5.75 Å². The van der Waals surface area contributed by atoms with Crippen molar-refractivity contribution in [2.24, 2.45) is 0 Å². The van der Waals surface area contributed by atoms with Gasteiger partial charge in [0.15, 0.2) is 0 Å². The lowest BCUT2D eigenvalue weighted by molar-refractivity contribution is 0.0520. The Kier molecular flexibility index (Phi) is 6.70. The number of rotatable bonds is 5. The molecule has 1 heterocycles. The Bertz CT molecular complexity index is 622. The molecule has 1 aliphatic heterocycles. The molecular formula is C18H25BrN2O4. The maximum atomic E-state index is 12.5. The summed E-state index contributed by atoms with van der Waals surface area (Å²) in [5, 5.41) is 2.63. The first-order chi connectivity index (χ1) is 11.7. The highest BCUT2D eigenvalue weighted by Crippen LogP contribution is 2.23. The van der Waals surface area contributed by atoms with Gasteiger partial charge in [-0.25, -0.2) is 4.79 Å². The van der Waals surface area contributed by atoms with Crippen molar-refractivity contribution in [2.75, 3.05) is 26.2 Å². The molecule has 2 rings (SSSR count). The lowest BCUT2D eigenvalue weighted by Crippen LogP contribution is -2.34. The molecular weight excluding hydrogens is 388 g/mol. The number of amides is 2. The van der Waals surface area contributed by atoms with Crippen LogP contribution in [-0.4, -0.2) is 48.7 Å². The normalized spacial score (nSPS) is 14.3. The van der Waals surface area contributed by atoms with Crippen LogP contribution in [0, 0.1) is 0 Å². The van der Waals surface area contributed by atoms with E-state index in [-0.39, 0.29) is 12.5 Å². The Hall–Kier alpha value is -1.76. The molecule has 138 valence electrons. The van der Waals surface area contributed by atoms with Gasteiger partial charge in [0.1, 0.15) is 18.0 Å². The largest absolute Gasteiger partial charge is 0.492 e. The topological polar surface area (TPSA) is 67.9 Å². The van der Waals surface area contributed by atoms with Gasteiger partial charge in [-0.2, -0.15) is 0 Å². The second-order valence-corrected chi connectivity index (χ2v) is 7.87. The van der Waals surface area contributed by atoms with E-state index in [0.717, 1.165) is 30.4 Å². The Balaban J connectivity index is 1.85. The molecule has 0 aliphatic carbocycles. The maximum absolute atomic E-state index is 12.5. The van der Waals surface area contributed by atoms with E-state index in [1.54, 1.807) is 18.2 Å². The van der Waals surface area contributed by atoms with E-state index in [2.05, 4.69) is 21.2 Å². The van der Waals surface area contributed by atoms with E-state index >= 15 is 0 Å². The van der Waals surface area contributed by atoms with Crippen LogP contribution >= 0.6 is 15.9 Å². The van der Waals surface area contributed by atoms with Gasteiger partial charge in [0.2, 0.25) is 0 Å². The molecule has 0 saturated carbocycles. The highest BCUT2D eigenvalue weighted by molar-refractivity contribution is 9.10. The van der Waals surface area contributed by atoms with Crippen LogP contribution in [0.15, 0.2) is 22.7 Å².